The monoisotopic (exact) mass is 435 g/mol. The zero-order valence-corrected chi connectivity index (χ0v) is 18.6. The first kappa shape index (κ1) is 22.3. The Morgan fingerprint density at radius 2 is 1.84 bits per heavy atom. The average molecular weight is 436 g/mol. The maximum absolute atomic E-state index is 12.5. The Bertz CT molecular complexity index is 896. The summed E-state index contributed by atoms with van der Waals surface area (Å²) < 4.78 is 0. The molecule has 2 aromatic rings. The van der Waals surface area contributed by atoms with Crippen LogP contribution in [0.15, 0.2) is 48.5 Å². The van der Waals surface area contributed by atoms with Gasteiger partial charge in [0.1, 0.15) is 11.5 Å². The van der Waals surface area contributed by atoms with Crippen molar-refractivity contribution in [2.75, 3.05) is 38.0 Å². The van der Waals surface area contributed by atoms with Crippen molar-refractivity contribution < 1.29 is 9.59 Å². The predicted octanol–water partition coefficient (Wildman–Crippen LogP) is 2.90. The van der Waals surface area contributed by atoms with Crippen molar-refractivity contribution in [1.29, 1.82) is 0 Å². The number of carbonyl (C=O) groups excluding carboxylic acids is 2. The Morgan fingerprint density at radius 1 is 1.03 bits per heavy atom. The number of hydrogen-bond donors (Lipinski definition) is 2. The van der Waals surface area contributed by atoms with Gasteiger partial charge in [-0.3, -0.25) is 14.5 Å². The van der Waals surface area contributed by atoms with E-state index >= 15 is 0 Å². The van der Waals surface area contributed by atoms with Gasteiger partial charge in [0, 0.05) is 51.7 Å². The van der Waals surface area contributed by atoms with Crippen LogP contribution in [0.3, 0.4) is 0 Å². The molecule has 2 N–H and O–H groups in total. The topological polar surface area (TPSA) is 77.6 Å². The molecule has 4 rings (SSSR count). The Labute approximate surface area is 190 Å². The molecule has 3 heterocycles. The molecule has 7 nitrogen and oxygen atoms in total. The van der Waals surface area contributed by atoms with Gasteiger partial charge in [0.05, 0.1) is 0 Å². The molecule has 0 saturated carbocycles. The van der Waals surface area contributed by atoms with Crippen molar-refractivity contribution in [1.82, 2.24) is 20.1 Å². The van der Waals surface area contributed by atoms with Crippen LogP contribution >= 0.6 is 0 Å². The van der Waals surface area contributed by atoms with E-state index in [2.05, 4.69) is 50.8 Å². The van der Waals surface area contributed by atoms with Crippen LogP contribution in [0.2, 0.25) is 0 Å². The van der Waals surface area contributed by atoms with Gasteiger partial charge in [0.2, 0.25) is 5.91 Å². The Hall–Kier alpha value is -2.93. The summed E-state index contributed by atoms with van der Waals surface area (Å²) in [6.07, 6.45) is 4.47. The van der Waals surface area contributed by atoms with Crippen LogP contribution in [0.25, 0.3) is 0 Å². The maximum Gasteiger partial charge on any atom is 0.269 e. The third-order valence-corrected chi connectivity index (χ3v) is 6.23. The standard InChI is InChI=1S/C25H33N5O2/c31-24-11-5-15-30(24)16-6-14-26-25(32)22-9-4-10-23(28-22)27-21-12-17-29(18-13-21)19-20-7-2-1-3-8-20/h1-4,7-10,21H,5-6,11-19H2,(H,26,32)(H,27,28). The lowest BCUT2D eigenvalue weighted by molar-refractivity contribution is -0.127. The molecule has 0 unspecified atom stereocenters. The van der Waals surface area contributed by atoms with Gasteiger partial charge in [0.15, 0.2) is 0 Å². The number of pyridine rings is 1. The maximum atomic E-state index is 12.5. The summed E-state index contributed by atoms with van der Waals surface area (Å²) in [5.74, 6) is 0.809. The van der Waals surface area contributed by atoms with E-state index in [9.17, 15) is 9.59 Å². The largest absolute Gasteiger partial charge is 0.367 e. The second kappa shape index (κ2) is 11.1. The minimum Gasteiger partial charge on any atom is -0.367 e. The summed E-state index contributed by atoms with van der Waals surface area (Å²) in [4.78, 5) is 33.0. The molecule has 2 aliphatic rings. The van der Waals surface area contributed by atoms with E-state index in [-0.39, 0.29) is 11.8 Å². The van der Waals surface area contributed by atoms with Crippen molar-refractivity contribution in [2.45, 2.75) is 44.7 Å². The summed E-state index contributed by atoms with van der Waals surface area (Å²) in [5.41, 5.74) is 1.78. The molecule has 32 heavy (non-hydrogen) atoms. The number of rotatable bonds is 9. The number of benzene rings is 1. The number of anilines is 1. The highest BCUT2D eigenvalue weighted by Gasteiger charge is 2.21. The van der Waals surface area contributed by atoms with Crippen molar-refractivity contribution in [2.24, 2.45) is 0 Å². The molecule has 2 saturated heterocycles. The van der Waals surface area contributed by atoms with Gasteiger partial charge in [-0.25, -0.2) is 4.98 Å². The summed E-state index contributed by atoms with van der Waals surface area (Å²) in [6.45, 7) is 5.18. The first-order valence-electron chi connectivity index (χ1n) is 11.7. The lowest BCUT2D eigenvalue weighted by Gasteiger charge is -2.32. The number of likely N-dealkylation sites (tertiary alicyclic amines) is 2. The Kier molecular flexibility index (Phi) is 7.72. The van der Waals surface area contributed by atoms with E-state index in [1.807, 2.05) is 17.0 Å². The third-order valence-electron chi connectivity index (χ3n) is 6.23. The fourth-order valence-corrected chi connectivity index (χ4v) is 4.43. The second-order valence-electron chi connectivity index (χ2n) is 8.68. The first-order chi connectivity index (χ1) is 15.7. The fraction of sp³-hybridized carbons (Fsp3) is 0.480. The van der Waals surface area contributed by atoms with Crippen molar-refractivity contribution >= 4 is 17.6 Å². The quantitative estimate of drug-likeness (QED) is 0.592. The lowest BCUT2D eigenvalue weighted by atomic mass is 10.0. The predicted molar refractivity (Wildman–Crippen MR) is 125 cm³/mol. The third kappa shape index (κ3) is 6.29. The van der Waals surface area contributed by atoms with E-state index in [0.29, 0.717) is 31.2 Å². The molecule has 0 bridgehead atoms. The van der Waals surface area contributed by atoms with Crippen LogP contribution in [0.5, 0.6) is 0 Å². The molecule has 2 amide bonds. The van der Waals surface area contributed by atoms with Gasteiger partial charge in [-0.05, 0) is 43.4 Å². The molecule has 0 spiro atoms. The van der Waals surface area contributed by atoms with Crippen molar-refractivity contribution in [3.05, 3.63) is 59.8 Å². The fourth-order valence-electron chi connectivity index (χ4n) is 4.43. The van der Waals surface area contributed by atoms with Crippen molar-refractivity contribution in [3.63, 3.8) is 0 Å². The van der Waals surface area contributed by atoms with E-state index in [1.165, 1.54) is 5.56 Å². The number of amides is 2. The smallest absolute Gasteiger partial charge is 0.269 e. The minimum absolute atomic E-state index is 0.168. The highest BCUT2D eigenvalue weighted by Crippen LogP contribution is 2.17. The number of carbonyl (C=O) groups is 2. The van der Waals surface area contributed by atoms with Gasteiger partial charge in [-0.15, -0.1) is 0 Å². The molecular weight excluding hydrogens is 402 g/mol. The summed E-state index contributed by atoms with van der Waals surface area (Å²) >= 11 is 0. The Balaban J connectivity index is 1.19. The molecule has 2 fully saturated rings. The zero-order valence-electron chi connectivity index (χ0n) is 18.6. The van der Waals surface area contributed by atoms with Gasteiger partial charge >= 0.3 is 0 Å². The lowest BCUT2D eigenvalue weighted by Crippen LogP contribution is -2.38. The molecule has 170 valence electrons. The molecule has 1 aromatic carbocycles. The average Bonchev–Trinajstić information content (AvgIpc) is 3.23. The molecule has 7 heteroatoms. The molecule has 2 aliphatic heterocycles. The molecule has 0 radical (unpaired) electrons. The van der Waals surface area contributed by atoms with Crippen LogP contribution < -0.4 is 10.6 Å². The van der Waals surface area contributed by atoms with E-state index in [0.717, 1.165) is 57.7 Å². The zero-order chi connectivity index (χ0) is 22.2. The van der Waals surface area contributed by atoms with Crippen molar-refractivity contribution in [3.8, 4) is 0 Å². The molecule has 0 aliphatic carbocycles. The number of piperidine rings is 1. The van der Waals surface area contributed by atoms with E-state index in [1.54, 1.807) is 6.07 Å². The number of aromatic nitrogens is 1. The summed E-state index contributed by atoms with van der Waals surface area (Å²) in [6, 6.07) is 16.5. The molecular formula is C25H33N5O2. The molecule has 1 aromatic heterocycles. The van der Waals surface area contributed by atoms with Crippen LogP contribution in [0.1, 0.15) is 48.2 Å². The first-order valence-corrected chi connectivity index (χ1v) is 11.7. The van der Waals surface area contributed by atoms with Crippen LogP contribution in [0.4, 0.5) is 5.82 Å². The van der Waals surface area contributed by atoms with Gasteiger partial charge < -0.3 is 15.5 Å². The SMILES string of the molecule is O=C(NCCCN1CCCC1=O)c1cccc(NC2CCN(Cc3ccccc3)CC2)n1. The number of nitrogens with zero attached hydrogens (tertiary/aromatic N) is 3. The van der Waals surface area contributed by atoms with E-state index in [4.69, 9.17) is 0 Å². The van der Waals surface area contributed by atoms with Crippen LogP contribution in [-0.4, -0.2) is 65.4 Å². The second-order valence-corrected chi connectivity index (χ2v) is 8.68. The van der Waals surface area contributed by atoms with E-state index < -0.39 is 0 Å². The summed E-state index contributed by atoms with van der Waals surface area (Å²) in [5, 5.41) is 6.43. The molecule has 0 atom stereocenters. The highest BCUT2D eigenvalue weighted by molar-refractivity contribution is 5.92. The number of hydrogen-bond acceptors (Lipinski definition) is 5. The Morgan fingerprint density at radius 3 is 2.59 bits per heavy atom. The minimum atomic E-state index is -0.168. The summed E-state index contributed by atoms with van der Waals surface area (Å²) in [7, 11) is 0. The van der Waals surface area contributed by atoms with Crippen LogP contribution in [-0.2, 0) is 11.3 Å². The highest BCUT2D eigenvalue weighted by atomic mass is 16.2. The normalized spacial score (nSPS) is 17.5. The van der Waals surface area contributed by atoms with Gasteiger partial charge in [-0.2, -0.15) is 0 Å². The van der Waals surface area contributed by atoms with Gasteiger partial charge in [-0.1, -0.05) is 36.4 Å². The van der Waals surface area contributed by atoms with Crippen LogP contribution in [0, 0.1) is 0 Å². The van der Waals surface area contributed by atoms with Gasteiger partial charge in [0.25, 0.3) is 5.91 Å². The number of nitrogens with one attached hydrogen (secondary N) is 2.